The molecule has 0 spiro atoms. The zero-order valence-electron chi connectivity index (χ0n) is 13.7. The van der Waals surface area contributed by atoms with Gasteiger partial charge in [0.15, 0.2) is 0 Å². The predicted molar refractivity (Wildman–Crippen MR) is 90.8 cm³/mol. The molecular weight excluding hydrogens is 278 g/mol. The minimum atomic E-state index is 0.0684. The molecule has 0 bridgehead atoms. The van der Waals surface area contributed by atoms with Crippen molar-refractivity contribution in [2.24, 2.45) is 0 Å². The maximum atomic E-state index is 4.94. The Kier molecular flexibility index (Phi) is 5.12. The van der Waals surface area contributed by atoms with Crippen molar-refractivity contribution in [2.45, 2.75) is 53.0 Å². The summed E-state index contributed by atoms with van der Waals surface area (Å²) in [5.41, 5.74) is 3.66. The first-order chi connectivity index (χ1) is 9.93. The van der Waals surface area contributed by atoms with E-state index in [9.17, 15) is 0 Å². The summed E-state index contributed by atoms with van der Waals surface area (Å²) in [4.78, 5) is 10.5. The van der Waals surface area contributed by atoms with Crippen molar-refractivity contribution in [1.29, 1.82) is 0 Å². The molecule has 0 atom stereocenters. The number of hydrogen-bond acceptors (Lipinski definition) is 4. The highest BCUT2D eigenvalue weighted by atomic mass is 32.1. The van der Waals surface area contributed by atoms with Crippen LogP contribution in [0.25, 0.3) is 10.6 Å². The largest absolute Gasteiger partial charge is 0.312 e. The Labute approximate surface area is 131 Å². The molecule has 0 saturated heterocycles. The van der Waals surface area contributed by atoms with Crippen LogP contribution in [-0.2, 0) is 12.0 Å². The molecule has 1 N–H and O–H groups in total. The molecule has 0 aliphatic rings. The smallest absolute Gasteiger partial charge is 0.124 e. The topological polar surface area (TPSA) is 37.8 Å². The zero-order chi connectivity index (χ0) is 15.5. The number of pyridine rings is 1. The Bertz CT molecular complexity index is 596. The van der Waals surface area contributed by atoms with E-state index < -0.39 is 0 Å². The minimum absolute atomic E-state index is 0.0684. The molecule has 0 amide bonds. The van der Waals surface area contributed by atoms with Crippen LogP contribution >= 0.6 is 11.3 Å². The number of aromatic nitrogens is 2. The average molecular weight is 303 g/mol. The van der Waals surface area contributed by atoms with Crippen molar-refractivity contribution < 1.29 is 0 Å². The fraction of sp³-hybridized carbons (Fsp3) is 0.529. The van der Waals surface area contributed by atoms with Gasteiger partial charge in [0.25, 0.3) is 0 Å². The Hall–Kier alpha value is -1.26. The third kappa shape index (κ3) is 3.89. The summed E-state index contributed by atoms with van der Waals surface area (Å²) in [7, 11) is 0. The first-order valence-electron chi connectivity index (χ1n) is 7.55. The Morgan fingerprint density at radius 3 is 2.67 bits per heavy atom. The molecular formula is C17H25N3S. The van der Waals surface area contributed by atoms with Crippen LogP contribution in [0.4, 0.5) is 0 Å². The first-order valence-corrected chi connectivity index (χ1v) is 8.37. The van der Waals surface area contributed by atoms with E-state index in [-0.39, 0.29) is 5.41 Å². The second-order valence-corrected chi connectivity index (χ2v) is 7.49. The van der Waals surface area contributed by atoms with Gasteiger partial charge in [0.2, 0.25) is 0 Å². The molecule has 2 rings (SSSR count). The van der Waals surface area contributed by atoms with Gasteiger partial charge in [0.1, 0.15) is 5.01 Å². The van der Waals surface area contributed by atoms with Gasteiger partial charge in [-0.3, -0.25) is 4.98 Å². The van der Waals surface area contributed by atoms with Crippen LogP contribution < -0.4 is 5.32 Å². The number of aryl methyl sites for hydroxylation is 1. The highest BCUT2D eigenvalue weighted by molar-refractivity contribution is 7.15. The van der Waals surface area contributed by atoms with Gasteiger partial charge in [-0.1, -0.05) is 27.7 Å². The lowest BCUT2D eigenvalue weighted by Gasteiger charge is -2.17. The van der Waals surface area contributed by atoms with E-state index in [0.29, 0.717) is 0 Å². The molecule has 2 aromatic rings. The van der Waals surface area contributed by atoms with Gasteiger partial charge in [0, 0.05) is 34.8 Å². The van der Waals surface area contributed by atoms with Gasteiger partial charge < -0.3 is 5.32 Å². The molecule has 4 heteroatoms. The van der Waals surface area contributed by atoms with Crippen LogP contribution in [0.15, 0.2) is 18.5 Å². The third-order valence-electron chi connectivity index (χ3n) is 3.37. The molecule has 0 aromatic carbocycles. The van der Waals surface area contributed by atoms with Crippen molar-refractivity contribution in [3.05, 3.63) is 34.6 Å². The maximum absolute atomic E-state index is 4.94. The van der Waals surface area contributed by atoms with Crippen LogP contribution in [0.5, 0.6) is 0 Å². The van der Waals surface area contributed by atoms with E-state index >= 15 is 0 Å². The predicted octanol–water partition coefficient (Wildman–Crippen LogP) is 4.31. The van der Waals surface area contributed by atoms with Crippen molar-refractivity contribution in [3.8, 4) is 10.6 Å². The van der Waals surface area contributed by atoms with Crippen molar-refractivity contribution in [2.75, 3.05) is 6.54 Å². The van der Waals surface area contributed by atoms with Crippen LogP contribution in [0, 0.1) is 6.92 Å². The number of nitrogens with zero attached hydrogens (tertiary/aromatic N) is 2. The SMILES string of the molecule is CCCNCc1sc(-c2ccncc2C)nc1C(C)(C)C. The fourth-order valence-electron chi connectivity index (χ4n) is 2.26. The van der Waals surface area contributed by atoms with Crippen LogP contribution in [0.1, 0.15) is 50.3 Å². The molecule has 2 heterocycles. The van der Waals surface area contributed by atoms with E-state index in [0.717, 1.165) is 24.5 Å². The summed E-state index contributed by atoms with van der Waals surface area (Å²) < 4.78 is 0. The summed E-state index contributed by atoms with van der Waals surface area (Å²) >= 11 is 1.80. The molecule has 3 nitrogen and oxygen atoms in total. The second-order valence-electron chi connectivity index (χ2n) is 6.41. The van der Waals surface area contributed by atoms with E-state index in [1.165, 1.54) is 21.7 Å². The minimum Gasteiger partial charge on any atom is -0.312 e. The van der Waals surface area contributed by atoms with Crippen molar-refractivity contribution >= 4 is 11.3 Å². The summed E-state index contributed by atoms with van der Waals surface area (Å²) in [5, 5.41) is 4.61. The molecule has 0 aliphatic heterocycles. The van der Waals surface area contributed by atoms with Gasteiger partial charge >= 0.3 is 0 Å². The molecule has 0 saturated carbocycles. The van der Waals surface area contributed by atoms with Gasteiger partial charge in [-0.05, 0) is 31.5 Å². The van der Waals surface area contributed by atoms with Gasteiger partial charge in [-0.25, -0.2) is 4.98 Å². The maximum Gasteiger partial charge on any atom is 0.124 e. The highest BCUT2D eigenvalue weighted by Gasteiger charge is 2.23. The second kappa shape index (κ2) is 6.67. The third-order valence-corrected chi connectivity index (χ3v) is 4.46. The van der Waals surface area contributed by atoms with Crippen LogP contribution in [-0.4, -0.2) is 16.5 Å². The van der Waals surface area contributed by atoms with Crippen LogP contribution in [0.2, 0.25) is 0 Å². The summed E-state index contributed by atoms with van der Waals surface area (Å²) in [6, 6.07) is 2.06. The monoisotopic (exact) mass is 303 g/mol. The lowest BCUT2D eigenvalue weighted by molar-refractivity contribution is 0.559. The Morgan fingerprint density at radius 1 is 1.29 bits per heavy atom. The van der Waals surface area contributed by atoms with E-state index in [1.807, 2.05) is 12.4 Å². The van der Waals surface area contributed by atoms with Gasteiger partial charge in [0.05, 0.1) is 5.69 Å². The summed E-state index contributed by atoms with van der Waals surface area (Å²) in [6.07, 6.45) is 4.90. The summed E-state index contributed by atoms with van der Waals surface area (Å²) in [5.74, 6) is 0. The zero-order valence-corrected chi connectivity index (χ0v) is 14.5. The van der Waals surface area contributed by atoms with Crippen molar-refractivity contribution in [1.82, 2.24) is 15.3 Å². The Morgan fingerprint density at radius 2 is 2.05 bits per heavy atom. The number of nitrogens with one attached hydrogen (secondary N) is 1. The molecule has 0 aliphatic carbocycles. The lowest BCUT2D eigenvalue weighted by atomic mass is 9.91. The van der Waals surface area contributed by atoms with Gasteiger partial charge in [-0.2, -0.15) is 0 Å². The van der Waals surface area contributed by atoms with E-state index in [2.05, 4.69) is 51.0 Å². The number of rotatable bonds is 5. The molecule has 0 unspecified atom stereocenters. The standard InChI is InChI=1S/C17H25N3S/c1-6-8-18-11-14-15(17(3,4)5)20-16(21-14)13-7-9-19-10-12(13)2/h7,9-10,18H,6,8,11H2,1-5H3. The Balaban J connectivity index is 2.38. The molecule has 0 radical (unpaired) electrons. The lowest BCUT2D eigenvalue weighted by Crippen LogP contribution is -2.19. The first kappa shape index (κ1) is 16.1. The number of hydrogen-bond donors (Lipinski definition) is 1. The number of thiazole rings is 1. The molecule has 21 heavy (non-hydrogen) atoms. The normalized spacial score (nSPS) is 11.9. The highest BCUT2D eigenvalue weighted by Crippen LogP contribution is 2.35. The van der Waals surface area contributed by atoms with Gasteiger partial charge in [-0.15, -0.1) is 11.3 Å². The van der Waals surface area contributed by atoms with E-state index in [1.54, 1.807) is 11.3 Å². The fourth-order valence-corrected chi connectivity index (χ4v) is 3.60. The van der Waals surface area contributed by atoms with Crippen molar-refractivity contribution in [3.63, 3.8) is 0 Å². The average Bonchev–Trinajstić information content (AvgIpc) is 2.83. The van der Waals surface area contributed by atoms with Crippen LogP contribution in [0.3, 0.4) is 0 Å². The summed E-state index contributed by atoms with van der Waals surface area (Å²) in [6.45, 7) is 12.9. The van der Waals surface area contributed by atoms with E-state index in [4.69, 9.17) is 4.98 Å². The molecule has 114 valence electrons. The molecule has 0 fully saturated rings. The molecule has 2 aromatic heterocycles. The quantitative estimate of drug-likeness (QED) is 0.836.